The molecule has 1 rings (SSSR count). The van der Waals surface area contributed by atoms with Gasteiger partial charge in [0.05, 0.1) is 6.10 Å². The van der Waals surface area contributed by atoms with E-state index in [-0.39, 0.29) is 6.29 Å². The maximum atomic E-state index is 5.90. The van der Waals surface area contributed by atoms with E-state index in [1.807, 2.05) is 13.8 Å². The molecule has 1 saturated carbocycles. The fraction of sp³-hybridized carbons (Fsp3) is 1.00. The molecule has 2 nitrogen and oxygen atoms in total. The third-order valence-electron chi connectivity index (χ3n) is 3.09. The van der Waals surface area contributed by atoms with E-state index in [1.165, 1.54) is 51.4 Å². The van der Waals surface area contributed by atoms with E-state index in [0.717, 1.165) is 6.61 Å². The van der Waals surface area contributed by atoms with Crippen LogP contribution in [0.5, 0.6) is 0 Å². The zero-order chi connectivity index (χ0) is 10.9. The molecule has 0 aromatic carbocycles. The summed E-state index contributed by atoms with van der Waals surface area (Å²) in [5.41, 5.74) is 0. The van der Waals surface area contributed by atoms with Crippen molar-refractivity contribution in [2.75, 3.05) is 6.61 Å². The Morgan fingerprint density at radius 3 is 2.07 bits per heavy atom. The molecule has 0 aromatic rings. The molecule has 0 spiro atoms. The second-order valence-corrected chi connectivity index (χ2v) is 4.48. The van der Waals surface area contributed by atoms with Crippen molar-refractivity contribution < 1.29 is 9.47 Å². The zero-order valence-electron chi connectivity index (χ0n) is 10.3. The molecule has 0 amide bonds. The first-order valence-electron chi connectivity index (χ1n) is 6.60. The number of rotatable bonds is 4. The van der Waals surface area contributed by atoms with Crippen LogP contribution in [0.4, 0.5) is 0 Å². The highest BCUT2D eigenvalue weighted by Crippen LogP contribution is 2.20. The van der Waals surface area contributed by atoms with Crippen LogP contribution in [-0.2, 0) is 9.47 Å². The minimum Gasteiger partial charge on any atom is -0.353 e. The van der Waals surface area contributed by atoms with Crippen molar-refractivity contribution in [2.45, 2.75) is 77.6 Å². The number of ether oxygens (including phenoxy) is 2. The lowest BCUT2D eigenvalue weighted by Crippen LogP contribution is -2.22. The Bertz CT molecular complexity index is 137. The van der Waals surface area contributed by atoms with Crippen molar-refractivity contribution in [3.63, 3.8) is 0 Å². The molecular formula is C13H26O2. The Hall–Kier alpha value is -0.0800. The van der Waals surface area contributed by atoms with Crippen LogP contribution < -0.4 is 0 Å². The molecule has 15 heavy (non-hydrogen) atoms. The lowest BCUT2D eigenvalue weighted by molar-refractivity contribution is -0.160. The molecule has 1 atom stereocenters. The summed E-state index contributed by atoms with van der Waals surface area (Å²) in [6, 6.07) is 0. The fourth-order valence-corrected chi connectivity index (χ4v) is 2.28. The SMILES string of the molecule is CCOC(C)OC1CCCCCCCC1. The second-order valence-electron chi connectivity index (χ2n) is 4.48. The van der Waals surface area contributed by atoms with Crippen molar-refractivity contribution in [1.82, 2.24) is 0 Å². The lowest BCUT2D eigenvalue weighted by atomic mass is 10.1. The van der Waals surface area contributed by atoms with Crippen molar-refractivity contribution in [2.24, 2.45) is 0 Å². The standard InChI is InChI=1S/C13H26O2/c1-3-14-12(2)15-13-10-8-6-4-5-7-9-11-13/h12-13H,3-11H2,1-2H3. The van der Waals surface area contributed by atoms with Crippen LogP contribution in [0.15, 0.2) is 0 Å². The third-order valence-corrected chi connectivity index (χ3v) is 3.09. The van der Waals surface area contributed by atoms with Crippen LogP contribution in [0.3, 0.4) is 0 Å². The molecule has 0 saturated heterocycles. The third kappa shape index (κ3) is 6.16. The van der Waals surface area contributed by atoms with Crippen LogP contribution in [0.2, 0.25) is 0 Å². The first-order valence-corrected chi connectivity index (χ1v) is 6.60. The highest BCUT2D eigenvalue weighted by Gasteiger charge is 2.14. The molecule has 90 valence electrons. The Morgan fingerprint density at radius 2 is 1.53 bits per heavy atom. The van der Waals surface area contributed by atoms with Crippen molar-refractivity contribution in [3.8, 4) is 0 Å². The molecule has 1 unspecified atom stereocenters. The lowest BCUT2D eigenvalue weighted by Gasteiger charge is -2.21. The summed E-state index contributed by atoms with van der Waals surface area (Å²) in [4.78, 5) is 0. The smallest absolute Gasteiger partial charge is 0.155 e. The first-order chi connectivity index (χ1) is 7.33. The predicted molar refractivity (Wildman–Crippen MR) is 62.9 cm³/mol. The first kappa shape index (κ1) is 13.0. The molecule has 0 radical (unpaired) electrons. The maximum Gasteiger partial charge on any atom is 0.155 e. The number of hydrogen-bond acceptors (Lipinski definition) is 2. The normalized spacial score (nSPS) is 22.8. The quantitative estimate of drug-likeness (QED) is 0.661. The van der Waals surface area contributed by atoms with Gasteiger partial charge in [-0.1, -0.05) is 38.5 Å². The van der Waals surface area contributed by atoms with E-state index >= 15 is 0 Å². The summed E-state index contributed by atoms with van der Waals surface area (Å²) in [7, 11) is 0. The van der Waals surface area contributed by atoms with E-state index in [0.29, 0.717) is 6.10 Å². The van der Waals surface area contributed by atoms with Gasteiger partial charge in [0.1, 0.15) is 0 Å². The second kappa shape index (κ2) is 8.12. The van der Waals surface area contributed by atoms with Gasteiger partial charge in [0.15, 0.2) is 6.29 Å². The fourth-order valence-electron chi connectivity index (χ4n) is 2.28. The van der Waals surface area contributed by atoms with Crippen LogP contribution in [0, 0.1) is 0 Å². The topological polar surface area (TPSA) is 18.5 Å². The van der Waals surface area contributed by atoms with Crippen LogP contribution in [-0.4, -0.2) is 19.0 Å². The summed E-state index contributed by atoms with van der Waals surface area (Å²) in [6.45, 7) is 4.77. The Morgan fingerprint density at radius 1 is 1.00 bits per heavy atom. The van der Waals surface area contributed by atoms with E-state index in [2.05, 4.69) is 0 Å². The average molecular weight is 214 g/mol. The monoisotopic (exact) mass is 214 g/mol. The van der Waals surface area contributed by atoms with E-state index < -0.39 is 0 Å². The van der Waals surface area contributed by atoms with Crippen molar-refractivity contribution in [1.29, 1.82) is 0 Å². The van der Waals surface area contributed by atoms with Gasteiger partial charge in [0.2, 0.25) is 0 Å². The molecule has 1 aliphatic rings. The molecule has 2 heteroatoms. The molecule has 0 bridgehead atoms. The predicted octanol–water partition coefficient (Wildman–Crippen LogP) is 3.89. The molecular weight excluding hydrogens is 188 g/mol. The van der Waals surface area contributed by atoms with Gasteiger partial charge in [-0.3, -0.25) is 0 Å². The van der Waals surface area contributed by atoms with Gasteiger partial charge in [0.25, 0.3) is 0 Å². The highest BCUT2D eigenvalue weighted by atomic mass is 16.7. The Balaban J connectivity index is 2.23. The highest BCUT2D eigenvalue weighted by molar-refractivity contribution is 4.62. The summed E-state index contributed by atoms with van der Waals surface area (Å²) in [5, 5.41) is 0. The zero-order valence-corrected chi connectivity index (χ0v) is 10.3. The van der Waals surface area contributed by atoms with Gasteiger partial charge in [0, 0.05) is 6.61 Å². The van der Waals surface area contributed by atoms with Gasteiger partial charge in [-0.05, 0) is 26.7 Å². The largest absolute Gasteiger partial charge is 0.353 e. The van der Waals surface area contributed by atoms with Crippen LogP contribution in [0.25, 0.3) is 0 Å². The summed E-state index contributed by atoms with van der Waals surface area (Å²) >= 11 is 0. The van der Waals surface area contributed by atoms with Crippen LogP contribution >= 0.6 is 0 Å². The van der Waals surface area contributed by atoms with Gasteiger partial charge in [-0.15, -0.1) is 0 Å². The van der Waals surface area contributed by atoms with Gasteiger partial charge in [-0.25, -0.2) is 0 Å². The van der Waals surface area contributed by atoms with Gasteiger partial charge >= 0.3 is 0 Å². The Labute approximate surface area is 94.3 Å². The van der Waals surface area contributed by atoms with Crippen molar-refractivity contribution >= 4 is 0 Å². The average Bonchev–Trinajstić information content (AvgIpc) is 2.32. The molecule has 1 aliphatic carbocycles. The van der Waals surface area contributed by atoms with Crippen molar-refractivity contribution in [3.05, 3.63) is 0 Å². The van der Waals surface area contributed by atoms with Crippen LogP contribution in [0.1, 0.15) is 65.2 Å². The van der Waals surface area contributed by atoms with Gasteiger partial charge in [-0.2, -0.15) is 0 Å². The molecule has 1 fully saturated rings. The molecule has 0 heterocycles. The molecule has 0 N–H and O–H groups in total. The van der Waals surface area contributed by atoms with Gasteiger partial charge < -0.3 is 9.47 Å². The minimum atomic E-state index is -0.0271. The maximum absolute atomic E-state index is 5.90. The minimum absolute atomic E-state index is 0.0271. The number of hydrogen-bond donors (Lipinski definition) is 0. The summed E-state index contributed by atoms with van der Waals surface area (Å²) in [5.74, 6) is 0. The molecule has 0 aromatic heterocycles. The summed E-state index contributed by atoms with van der Waals surface area (Å²) < 4.78 is 11.3. The van der Waals surface area contributed by atoms with E-state index in [1.54, 1.807) is 0 Å². The van der Waals surface area contributed by atoms with E-state index in [4.69, 9.17) is 9.47 Å². The van der Waals surface area contributed by atoms with E-state index in [9.17, 15) is 0 Å². The Kier molecular flexibility index (Phi) is 7.03. The summed E-state index contributed by atoms with van der Waals surface area (Å²) in [6.07, 6.45) is 11.1. The molecule has 0 aliphatic heterocycles.